The van der Waals surface area contributed by atoms with E-state index in [2.05, 4.69) is 10.3 Å². The maximum absolute atomic E-state index is 14.0. The summed E-state index contributed by atoms with van der Waals surface area (Å²) in [5.41, 5.74) is 3.05. The van der Waals surface area contributed by atoms with Crippen LogP contribution in [-0.2, 0) is 39.2 Å². The molecule has 4 rings (SSSR count). The Kier molecular flexibility index (Phi) is 9.77. The van der Waals surface area contributed by atoms with E-state index in [4.69, 9.17) is 0 Å². The van der Waals surface area contributed by atoms with Crippen LogP contribution in [0.1, 0.15) is 28.3 Å². The summed E-state index contributed by atoms with van der Waals surface area (Å²) in [5.74, 6) is -0.862. The van der Waals surface area contributed by atoms with E-state index < -0.39 is 28.5 Å². The van der Waals surface area contributed by atoms with E-state index in [1.54, 1.807) is 36.7 Å². The van der Waals surface area contributed by atoms with Gasteiger partial charge in [-0.1, -0.05) is 91.0 Å². The van der Waals surface area contributed by atoms with Gasteiger partial charge in [-0.05, 0) is 34.4 Å². The quantitative estimate of drug-likeness (QED) is 0.285. The molecule has 2 amide bonds. The highest BCUT2D eigenvalue weighted by Gasteiger charge is 2.33. The number of benzene rings is 3. The van der Waals surface area contributed by atoms with Gasteiger partial charge in [0.15, 0.2) is 0 Å². The molecule has 8 nitrogen and oxygen atoms in total. The molecule has 0 bridgehead atoms. The third-order valence-electron chi connectivity index (χ3n) is 6.39. The molecule has 0 saturated carbocycles. The Bertz CT molecular complexity index is 1490. The standard InChI is InChI=1S/C31H32N4O4S/c1-40(38,39)34(22-26-11-5-2-6-12-26)24-29(36)35(23-27-13-7-3-8-14-27)30(28-15-9-4-10-16-28)31(37)33-21-25-17-19-32-20-18-25/h2-20,30H,21-24H2,1H3,(H,33,37)/t30-/m0/s1. The van der Waals surface area contributed by atoms with Crippen LogP contribution in [0.5, 0.6) is 0 Å². The number of aromatic nitrogens is 1. The Morgan fingerprint density at radius 1 is 0.750 bits per heavy atom. The van der Waals surface area contributed by atoms with Crippen LogP contribution in [0, 0.1) is 0 Å². The number of hydrogen-bond acceptors (Lipinski definition) is 5. The second kappa shape index (κ2) is 13.6. The molecule has 0 spiro atoms. The molecule has 0 unspecified atom stereocenters. The van der Waals surface area contributed by atoms with E-state index >= 15 is 0 Å². The number of nitrogens with zero attached hydrogens (tertiary/aromatic N) is 3. The molecule has 0 radical (unpaired) electrons. The van der Waals surface area contributed by atoms with Crippen LogP contribution in [0.2, 0.25) is 0 Å². The smallest absolute Gasteiger partial charge is 0.247 e. The second-order valence-electron chi connectivity index (χ2n) is 9.41. The zero-order valence-electron chi connectivity index (χ0n) is 22.3. The van der Waals surface area contributed by atoms with Crippen molar-refractivity contribution in [2.45, 2.75) is 25.7 Å². The van der Waals surface area contributed by atoms with Crippen molar-refractivity contribution in [3.05, 3.63) is 138 Å². The first-order valence-corrected chi connectivity index (χ1v) is 14.7. The van der Waals surface area contributed by atoms with Gasteiger partial charge in [0.05, 0.1) is 12.8 Å². The van der Waals surface area contributed by atoms with Crippen molar-refractivity contribution >= 4 is 21.8 Å². The lowest BCUT2D eigenvalue weighted by atomic mass is 10.0. The van der Waals surface area contributed by atoms with Gasteiger partial charge in [-0.3, -0.25) is 14.6 Å². The fourth-order valence-corrected chi connectivity index (χ4v) is 5.05. The van der Waals surface area contributed by atoms with Gasteiger partial charge >= 0.3 is 0 Å². The average Bonchev–Trinajstić information content (AvgIpc) is 2.97. The van der Waals surface area contributed by atoms with Gasteiger partial charge in [0.1, 0.15) is 6.04 Å². The van der Waals surface area contributed by atoms with Crippen molar-refractivity contribution in [1.29, 1.82) is 0 Å². The minimum Gasteiger partial charge on any atom is -0.350 e. The van der Waals surface area contributed by atoms with Crippen molar-refractivity contribution in [2.75, 3.05) is 12.8 Å². The summed E-state index contributed by atoms with van der Waals surface area (Å²) in [5, 5.41) is 2.95. The van der Waals surface area contributed by atoms with E-state index in [-0.39, 0.29) is 25.5 Å². The number of carbonyl (C=O) groups excluding carboxylic acids is 2. The Labute approximate surface area is 235 Å². The van der Waals surface area contributed by atoms with Crippen molar-refractivity contribution in [3.63, 3.8) is 0 Å². The molecule has 206 valence electrons. The number of sulfonamides is 1. The normalized spacial score (nSPS) is 12.1. The maximum Gasteiger partial charge on any atom is 0.247 e. The van der Waals surface area contributed by atoms with Crippen LogP contribution in [0.3, 0.4) is 0 Å². The highest BCUT2D eigenvalue weighted by molar-refractivity contribution is 7.88. The first-order valence-electron chi connectivity index (χ1n) is 12.9. The van der Waals surface area contributed by atoms with E-state index in [0.29, 0.717) is 5.56 Å². The van der Waals surface area contributed by atoms with Crippen molar-refractivity contribution in [3.8, 4) is 0 Å². The van der Waals surface area contributed by atoms with E-state index in [0.717, 1.165) is 27.3 Å². The Balaban J connectivity index is 1.68. The number of rotatable bonds is 12. The zero-order chi connectivity index (χ0) is 28.4. The molecule has 1 atom stereocenters. The Morgan fingerprint density at radius 3 is 1.82 bits per heavy atom. The molecule has 3 aromatic carbocycles. The van der Waals surface area contributed by atoms with E-state index in [1.165, 1.54) is 4.90 Å². The molecule has 1 N–H and O–H groups in total. The first-order chi connectivity index (χ1) is 19.3. The van der Waals surface area contributed by atoms with Gasteiger partial charge < -0.3 is 10.2 Å². The number of carbonyl (C=O) groups is 2. The molecule has 0 aliphatic rings. The van der Waals surface area contributed by atoms with Gasteiger partial charge in [-0.2, -0.15) is 4.31 Å². The molecule has 4 aromatic rings. The van der Waals surface area contributed by atoms with Gasteiger partial charge in [0, 0.05) is 32.0 Å². The fraction of sp³-hybridized carbons (Fsp3) is 0.194. The molecule has 0 aliphatic carbocycles. The summed E-state index contributed by atoms with van der Waals surface area (Å²) < 4.78 is 26.7. The fourth-order valence-electron chi connectivity index (χ4n) is 4.32. The van der Waals surface area contributed by atoms with Crippen molar-refractivity contribution in [1.82, 2.24) is 19.5 Å². The monoisotopic (exact) mass is 556 g/mol. The largest absolute Gasteiger partial charge is 0.350 e. The summed E-state index contributed by atoms with van der Waals surface area (Å²) in [6.07, 6.45) is 4.38. The first kappa shape index (κ1) is 28.7. The number of amides is 2. The Morgan fingerprint density at radius 2 is 1.27 bits per heavy atom. The van der Waals surface area contributed by atoms with Crippen molar-refractivity contribution in [2.24, 2.45) is 0 Å². The molecule has 0 aliphatic heterocycles. The van der Waals surface area contributed by atoms with Crippen molar-refractivity contribution < 1.29 is 18.0 Å². The summed E-state index contributed by atoms with van der Waals surface area (Å²) in [6.45, 7) is -0.0112. The molecule has 0 saturated heterocycles. The number of nitrogens with one attached hydrogen (secondary N) is 1. The number of hydrogen-bond donors (Lipinski definition) is 1. The minimum atomic E-state index is -3.74. The highest BCUT2D eigenvalue weighted by atomic mass is 32.2. The van der Waals surface area contributed by atoms with E-state index in [1.807, 2.05) is 78.9 Å². The third kappa shape index (κ3) is 8.08. The molecular formula is C31H32N4O4S. The summed E-state index contributed by atoms with van der Waals surface area (Å²) in [6, 6.07) is 30.1. The topological polar surface area (TPSA) is 99.7 Å². The van der Waals surface area contributed by atoms with Crippen LogP contribution in [0.4, 0.5) is 0 Å². The lowest BCUT2D eigenvalue weighted by Crippen LogP contribution is -2.47. The zero-order valence-corrected chi connectivity index (χ0v) is 23.1. The number of pyridine rings is 1. The molecular weight excluding hydrogens is 524 g/mol. The van der Waals surface area contributed by atoms with Gasteiger partial charge in [-0.25, -0.2) is 8.42 Å². The predicted molar refractivity (Wildman–Crippen MR) is 154 cm³/mol. The molecule has 1 heterocycles. The van der Waals surface area contributed by atoms with Gasteiger partial charge in [-0.15, -0.1) is 0 Å². The summed E-state index contributed by atoms with van der Waals surface area (Å²) in [4.78, 5) is 33.3. The van der Waals surface area contributed by atoms with Crippen LogP contribution in [-0.4, -0.2) is 47.2 Å². The predicted octanol–water partition coefficient (Wildman–Crippen LogP) is 3.93. The SMILES string of the molecule is CS(=O)(=O)N(CC(=O)N(Cc1ccccc1)[C@H](C(=O)NCc1ccncc1)c1ccccc1)Cc1ccccc1. The second-order valence-corrected chi connectivity index (χ2v) is 11.4. The summed E-state index contributed by atoms with van der Waals surface area (Å²) >= 11 is 0. The Hall–Kier alpha value is -4.34. The van der Waals surface area contributed by atoms with Crippen LogP contribution < -0.4 is 5.32 Å². The molecule has 40 heavy (non-hydrogen) atoms. The maximum atomic E-state index is 14.0. The lowest BCUT2D eigenvalue weighted by molar-refractivity contribution is -0.141. The van der Waals surface area contributed by atoms with Crippen LogP contribution in [0.25, 0.3) is 0 Å². The summed E-state index contributed by atoms with van der Waals surface area (Å²) in [7, 11) is -3.74. The molecule has 9 heteroatoms. The minimum absolute atomic E-state index is 0.0365. The average molecular weight is 557 g/mol. The molecule has 0 fully saturated rings. The van der Waals surface area contributed by atoms with Crippen LogP contribution >= 0.6 is 0 Å². The van der Waals surface area contributed by atoms with Gasteiger partial charge in [0.2, 0.25) is 21.8 Å². The third-order valence-corrected chi connectivity index (χ3v) is 7.59. The highest BCUT2D eigenvalue weighted by Crippen LogP contribution is 2.25. The molecule has 1 aromatic heterocycles. The van der Waals surface area contributed by atoms with Gasteiger partial charge in [0.25, 0.3) is 0 Å². The van der Waals surface area contributed by atoms with Crippen LogP contribution in [0.15, 0.2) is 116 Å². The van der Waals surface area contributed by atoms with E-state index in [9.17, 15) is 18.0 Å². The lowest BCUT2D eigenvalue weighted by Gasteiger charge is -2.33.